The lowest BCUT2D eigenvalue weighted by atomic mass is 10.3. The molecule has 0 rings (SSSR count). The highest BCUT2D eigenvalue weighted by molar-refractivity contribution is 5.78. The van der Waals surface area contributed by atoms with Crippen molar-refractivity contribution in [3.8, 4) is 0 Å². The molecule has 0 radical (unpaired) electrons. The van der Waals surface area contributed by atoms with Crippen LogP contribution in [0.5, 0.6) is 0 Å². The predicted molar refractivity (Wildman–Crippen MR) is 205 cm³/mol. The maximum Gasteiger partial charge on any atom is 0.0491 e. The fraction of sp³-hybridized carbons (Fsp3) is 0.818. The van der Waals surface area contributed by atoms with Gasteiger partial charge in [0.2, 0.25) is 0 Å². The lowest BCUT2D eigenvalue weighted by molar-refractivity contribution is 0.790. The maximum absolute atomic E-state index is 6.74. The molecule has 0 aliphatic rings. The summed E-state index contributed by atoms with van der Waals surface area (Å²) in [6.45, 7) is 35.8. The second kappa shape index (κ2) is 98.4. The van der Waals surface area contributed by atoms with Gasteiger partial charge >= 0.3 is 0 Å². The summed E-state index contributed by atoms with van der Waals surface area (Å²) in [5.41, 5.74) is 14.0. The molecule has 10 N–H and O–H groups in total. The number of hydrogen-bond donors (Lipinski definition) is 8. The molecule has 260 valence electrons. The molecule has 0 saturated heterocycles. The quantitative estimate of drug-likeness (QED) is 0.116. The van der Waals surface area contributed by atoms with Gasteiger partial charge in [-0.15, -0.1) is 0 Å². The Kier molecular flexibility index (Phi) is 200. The minimum Gasteiger partial charge on any atom is -0.316 e. The van der Waals surface area contributed by atoms with Gasteiger partial charge in [-0.25, -0.2) is 0 Å². The van der Waals surface area contributed by atoms with Gasteiger partial charge in [0.05, 0.1) is 0 Å². The van der Waals surface area contributed by atoms with Crippen LogP contribution < -0.4 is 11.5 Å². The third kappa shape index (κ3) is 13000. The molecular formula is C33H88N8. The molecule has 0 aliphatic heterocycles. The van der Waals surface area contributed by atoms with Crippen LogP contribution in [-0.2, 0) is 0 Å². The monoisotopic (exact) mass is 597 g/mol. The highest BCUT2D eigenvalue weighted by Gasteiger charge is 1.71. The molecule has 0 bridgehead atoms. The van der Waals surface area contributed by atoms with Crippen molar-refractivity contribution in [2.45, 2.75) is 186 Å². The van der Waals surface area contributed by atoms with Gasteiger partial charge in [-0.2, -0.15) is 0 Å². The van der Waals surface area contributed by atoms with Gasteiger partial charge in [-0.05, 0) is 89.0 Å². The van der Waals surface area contributed by atoms with Crippen molar-refractivity contribution in [3.05, 3.63) is 0 Å². The van der Waals surface area contributed by atoms with Gasteiger partial charge < -0.3 is 43.9 Å². The van der Waals surface area contributed by atoms with Crippen LogP contribution in [0.3, 0.4) is 0 Å². The smallest absolute Gasteiger partial charge is 0.0491 e. The maximum atomic E-state index is 6.74. The molecule has 0 spiro atoms. The van der Waals surface area contributed by atoms with E-state index in [4.69, 9.17) is 43.9 Å². The van der Waals surface area contributed by atoms with Crippen molar-refractivity contribution >= 4 is 34.3 Å². The standard InChI is InChI=1S/2C4H9N.4C3H7N.2C3H8.C2H8N2.C2H6.3CH4/c2*1-3-4(2)5;4*1-3(2)4;2*1-3-2;1-2(3)4;1-2;;;/h2*5H,3H2,1-2H3;4*4H,1-2H3;2*3H2,1-2H3;2H,3-4H2,1H3;1-2H3;3*1H4. The Morgan fingerprint density at radius 1 is 0.439 bits per heavy atom. The largest absolute Gasteiger partial charge is 0.316 e. The highest BCUT2D eigenvalue weighted by Crippen LogP contribution is 1.73. The first kappa shape index (κ1) is 83.3. The molecule has 8 heteroatoms. The zero-order chi connectivity index (χ0) is 33.9. The zero-order valence-electron chi connectivity index (χ0n) is 29.6. The average molecular weight is 597 g/mol. The van der Waals surface area contributed by atoms with Crippen molar-refractivity contribution < 1.29 is 0 Å². The molecule has 0 amide bonds. The van der Waals surface area contributed by atoms with Gasteiger partial charge in [-0.1, -0.05) is 90.5 Å². The van der Waals surface area contributed by atoms with E-state index in [1.807, 2.05) is 27.7 Å². The molecule has 0 unspecified atom stereocenters. The molecule has 0 fully saturated rings. The van der Waals surface area contributed by atoms with Crippen molar-refractivity contribution in [3.63, 3.8) is 0 Å². The van der Waals surface area contributed by atoms with Gasteiger partial charge in [0.25, 0.3) is 0 Å². The molecule has 0 aliphatic carbocycles. The van der Waals surface area contributed by atoms with Gasteiger partial charge in [-0.3, -0.25) is 0 Å². The van der Waals surface area contributed by atoms with Crippen LogP contribution in [0.25, 0.3) is 0 Å². The SMILES string of the molecule is C.C.C.CC.CC(C)=N.CC(C)=N.CC(C)=N.CC(C)=N.CC(N)N.CCC.CCC.CCC(C)=N.CCC(C)=N. The second-order valence-corrected chi connectivity index (χ2v) is 8.54. The zero-order valence-corrected chi connectivity index (χ0v) is 29.6. The number of rotatable bonds is 2. The lowest BCUT2D eigenvalue weighted by Gasteiger charge is -1.83. The second-order valence-electron chi connectivity index (χ2n) is 8.54. The van der Waals surface area contributed by atoms with E-state index in [1.165, 1.54) is 12.8 Å². The third-order valence-corrected chi connectivity index (χ3v) is 1.06. The number of nitrogens with one attached hydrogen (secondary N) is 6. The van der Waals surface area contributed by atoms with E-state index in [-0.39, 0.29) is 28.4 Å². The normalized spacial score (nSPS) is 6.29. The molecule has 0 saturated carbocycles. The average Bonchev–Trinajstić information content (AvgIpc) is 2.69. The van der Waals surface area contributed by atoms with E-state index in [1.54, 1.807) is 76.2 Å². The number of nitrogens with two attached hydrogens (primary N) is 2. The Morgan fingerprint density at radius 3 is 0.463 bits per heavy atom. The summed E-state index contributed by atoms with van der Waals surface area (Å²) in [6, 6.07) is 0. The lowest BCUT2D eigenvalue weighted by Crippen LogP contribution is -2.25. The molecule has 0 heterocycles. The van der Waals surface area contributed by atoms with Gasteiger partial charge in [0.15, 0.2) is 0 Å². The van der Waals surface area contributed by atoms with Crippen molar-refractivity contribution in [2.75, 3.05) is 0 Å². The van der Waals surface area contributed by atoms with Crippen molar-refractivity contribution in [1.82, 2.24) is 0 Å². The Bertz CT molecular complexity index is 387. The van der Waals surface area contributed by atoms with Crippen LogP contribution in [0.2, 0.25) is 0 Å². The molecule has 0 atom stereocenters. The minimum atomic E-state index is -0.167. The first-order chi connectivity index (χ1) is 17.0. The van der Waals surface area contributed by atoms with Crippen LogP contribution in [0.1, 0.15) is 180 Å². The Balaban J connectivity index is -0.0000000193. The molecular weight excluding hydrogens is 508 g/mol. The number of hydrogen-bond acceptors (Lipinski definition) is 8. The van der Waals surface area contributed by atoms with Crippen molar-refractivity contribution in [1.29, 1.82) is 32.5 Å². The first-order valence-corrected chi connectivity index (χ1v) is 13.7. The van der Waals surface area contributed by atoms with Crippen LogP contribution >= 0.6 is 0 Å². The fourth-order valence-electron chi connectivity index (χ4n) is 0. The molecule has 0 aromatic rings. The van der Waals surface area contributed by atoms with Crippen LogP contribution in [0.15, 0.2) is 0 Å². The molecule has 0 aromatic carbocycles. The summed E-state index contributed by atoms with van der Waals surface area (Å²) in [5, 5.41) is 39.5. The van der Waals surface area contributed by atoms with E-state index in [2.05, 4.69) is 27.7 Å². The molecule has 41 heavy (non-hydrogen) atoms. The van der Waals surface area contributed by atoms with Crippen LogP contribution in [0, 0.1) is 32.5 Å². The van der Waals surface area contributed by atoms with Crippen LogP contribution in [-0.4, -0.2) is 40.4 Å². The Morgan fingerprint density at radius 2 is 0.463 bits per heavy atom. The highest BCUT2D eigenvalue weighted by atomic mass is 14.8. The summed E-state index contributed by atoms with van der Waals surface area (Å²) in [7, 11) is 0. The topological polar surface area (TPSA) is 195 Å². The Labute approximate surface area is 263 Å². The van der Waals surface area contributed by atoms with E-state index in [0.717, 1.165) is 24.3 Å². The van der Waals surface area contributed by atoms with Crippen molar-refractivity contribution in [2.24, 2.45) is 11.5 Å². The minimum absolute atomic E-state index is 0. The van der Waals surface area contributed by atoms with Gasteiger partial charge in [0, 0.05) is 40.4 Å². The van der Waals surface area contributed by atoms with E-state index >= 15 is 0 Å². The van der Waals surface area contributed by atoms with Gasteiger partial charge in [0.1, 0.15) is 0 Å². The van der Waals surface area contributed by atoms with E-state index in [9.17, 15) is 0 Å². The molecule has 8 nitrogen and oxygen atoms in total. The summed E-state index contributed by atoms with van der Waals surface area (Å²) in [6.07, 6.45) is 4.11. The summed E-state index contributed by atoms with van der Waals surface area (Å²) in [4.78, 5) is 0. The van der Waals surface area contributed by atoms with E-state index in [0.29, 0.717) is 22.8 Å². The fourth-order valence-corrected chi connectivity index (χ4v) is 0. The van der Waals surface area contributed by atoms with Crippen LogP contribution in [0.4, 0.5) is 0 Å². The summed E-state index contributed by atoms with van der Waals surface area (Å²) >= 11 is 0. The summed E-state index contributed by atoms with van der Waals surface area (Å²) in [5.74, 6) is 0. The predicted octanol–water partition coefficient (Wildman–Crippen LogP) is 12.1. The third-order valence-electron chi connectivity index (χ3n) is 1.06. The summed E-state index contributed by atoms with van der Waals surface area (Å²) < 4.78 is 0. The van der Waals surface area contributed by atoms with E-state index < -0.39 is 0 Å². The molecule has 0 aromatic heterocycles. The first-order valence-electron chi connectivity index (χ1n) is 13.7. The Hall–Kier alpha value is -2.06.